The number of benzene rings is 4. The van der Waals surface area contributed by atoms with Crippen LogP contribution >= 0.6 is 67.8 Å². The number of carbonyl (C=O) groups excluding carboxylic acids is 2. The summed E-state index contributed by atoms with van der Waals surface area (Å²) in [5.41, 5.74) is -0.00656. The lowest BCUT2D eigenvalue weighted by atomic mass is 9.98. The summed E-state index contributed by atoms with van der Waals surface area (Å²) in [5.74, 6) is -1.48. The second-order valence-corrected chi connectivity index (χ2v) is 12.2. The molecule has 4 aromatic carbocycles. The van der Waals surface area contributed by atoms with E-state index in [2.05, 4.69) is 22.6 Å². The van der Waals surface area contributed by atoms with Gasteiger partial charge in [0.15, 0.2) is 0 Å². The molecule has 0 fully saturated rings. The van der Waals surface area contributed by atoms with Crippen molar-refractivity contribution in [1.82, 2.24) is 0 Å². The standard InChI is InChI=1S/C24H13I3O8S/c25-13-4-6-15(7-5-13)34-23(29)17-3-1-2-12-8-14(28)9-18(21(12)17)24(30)35-16-10-19(26)22(20(27)11-16)36(31,32)33/h1-11,28H,(H,31,32,33). The van der Waals surface area contributed by atoms with Crippen LogP contribution in [0.15, 0.2) is 71.6 Å². The van der Waals surface area contributed by atoms with E-state index in [1.807, 2.05) is 0 Å². The van der Waals surface area contributed by atoms with Crippen LogP contribution in [0.2, 0.25) is 0 Å². The van der Waals surface area contributed by atoms with Crippen LogP contribution in [0.3, 0.4) is 0 Å². The summed E-state index contributed by atoms with van der Waals surface area (Å²) in [6.45, 7) is 0. The van der Waals surface area contributed by atoms with Crippen molar-refractivity contribution in [2.45, 2.75) is 4.90 Å². The van der Waals surface area contributed by atoms with Crippen LogP contribution in [0.1, 0.15) is 20.7 Å². The lowest BCUT2D eigenvalue weighted by Gasteiger charge is -2.13. The van der Waals surface area contributed by atoms with E-state index in [0.717, 1.165) is 3.57 Å². The van der Waals surface area contributed by atoms with Crippen LogP contribution in [0.4, 0.5) is 0 Å². The summed E-state index contributed by atoms with van der Waals surface area (Å²) in [6, 6.07) is 16.7. The molecule has 0 amide bonds. The highest BCUT2D eigenvalue weighted by Gasteiger charge is 2.24. The Hall–Kier alpha value is -2.02. The van der Waals surface area contributed by atoms with Gasteiger partial charge in [-0.15, -0.1) is 0 Å². The van der Waals surface area contributed by atoms with E-state index in [4.69, 9.17) is 9.47 Å². The topological polar surface area (TPSA) is 127 Å². The number of fused-ring (bicyclic) bond motifs is 1. The first-order valence-electron chi connectivity index (χ1n) is 9.86. The Morgan fingerprint density at radius 3 is 1.94 bits per heavy atom. The van der Waals surface area contributed by atoms with Gasteiger partial charge in [0.25, 0.3) is 10.1 Å². The number of halogens is 3. The van der Waals surface area contributed by atoms with Gasteiger partial charge in [-0.3, -0.25) is 4.55 Å². The Labute approximate surface area is 246 Å². The van der Waals surface area contributed by atoms with E-state index < -0.39 is 22.1 Å². The summed E-state index contributed by atoms with van der Waals surface area (Å²) in [6.07, 6.45) is 0. The van der Waals surface area contributed by atoms with Crippen LogP contribution in [-0.4, -0.2) is 30.0 Å². The molecule has 4 rings (SSSR count). The fourth-order valence-electron chi connectivity index (χ4n) is 3.41. The molecule has 0 saturated heterocycles. The first-order valence-corrected chi connectivity index (χ1v) is 14.5. The molecule has 0 aliphatic rings. The molecular weight excluding hydrogens is 829 g/mol. The zero-order valence-corrected chi connectivity index (χ0v) is 25.0. The van der Waals surface area contributed by atoms with Gasteiger partial charge in [-0.1, -0.05) is 12.1 Å². The van der Waals surface area contributed by atoms with Crippen molar-refractivity contribution in [2.24, 2.45) is 0 Å². The van der Waals surface area contributed by atoms with Crippen LogP contribution in [0, 0.1) is 10.7 Å². The lowest BCUT2D eigenvalue weighted by molar-refractivity contribution is 0.0733. The fraction of sp³-hybridized carbons (Fsp3) is 0. The molecule has 0 aliphatic carbocycles. The Balaban J connectivity index is 1.75. The molecule has 184 valence electrons. The summed E-state index contributed by atoms with van der Waals surface area (Å²) in [4.78, 5) is 25.9. The number of hydrogen-bond donors (Lipinski definition) is 2. The van der Waals surface area contributed by atoms with E-state index in [9.17, 15) is 27.7 Å². The van der Waals surface area contributed by atoms with Gasteiger partial charge in [-0.2, -0.15) is 8.42 Å². The fourth-order valence-corrected chi connectivity index (χ4v) is 7.76. The maximum atomic E-state index is 13.2. The molecule has 0 unspecified atom stereocenters. The molecule has 2 N–H and O–H groups in total. The molecule has 0 aliphatic heterocycles. The van der Waals surface area contributed by atoms with Gasteiger partial charge in [-0.25, -0.2) is 9.59 Å². The van der Waals surface area contributed by atoms with Crippen molar-refractivity contribution in [3.63, 3.8) is 0 Å². The molecular formula is C24H13I3O8S. The quantitative estimate of drug-likeness (QED) is 0.108. The number of phenols is 1. The van der Waals surface area contributed by atoms with Gasteiger partial charge in [0.1, 0.15) is 22.1 Å². The second kappa shape index (κ2) is 10.8. The molecule has 8 nitrogen and oxygen atoms in total. The van der Waals surface area contributed by atoms with Crippen LogP contribution in [-0.2, 0) is 10.1 Å². The third-order valence-corrected chi connectivity index (χ3v) is 8.97. The van der Waals surface area contributed by atoms with E-state index in [1.165, 1.54) is 30.3 Å². The number of phenolic OH excluding ortho intramolecular Hbond substituents is 1. The normalized spacial score (nSPS) is 11.3. The summed E-state index contributed by atoms with van der Waals surface area (Å²) < 4.78 is 44.9. The van der Waals surface area contributed by atoms with Crippen molar-refractivity contribution in [2.75, 3.05) is 0 Å². The minimum atomic E-state index is -4.48. The highest BCUT2D eigenvalue weighted by atomic mass is 127. The Morgan fingerprint density at radius 1 is 0.750 bits per heavy atom. The molecule has 36 heavy (non-hydrogen) atoms. The predicted octanol–water partition coefficient (Wildman–Crippen LogP) is 6.04. The number of hydrogen-bond acceptors (Lipinski definition) is 7. The molecule has 0 radical (unpaired) electrons. The Kier molecular flexibility index (Phi) is 8.08. The Morgan fingerprint density at radius 2 is 1.33 bits per heavy atom. The van der Waals surface area contributed by atoms with Crippen molar-refractivity contribution in [3.8, 4) is 17.2 Å². The minimum absolute atomic E-state index is 0.0108. The summed E-state index contributed by atoms with van der Waals surface area (Å²) in [5, 5.41) is 10.8. The molecule has 4 aromatic rings. The highest BCUT2D eigenvalue weighted by Crippen LogP contribution is 2.32. The van der Waals surface area contributed by atoms with Crippen molar-refractivity contribution in [3.05, 3.63) is 88.6 Å². The number of carbonyl (C=O) groups is 2. The van der Waals surface area contributed by atoms with Gasteiger partial charge >= 0.3 is 11.9 Å². The molecule has 0 atom stereocenters. The number of aromatic hydroxyl groups is 1. The third-order valence-electron chi connectivity index (χ3n) is 4.87. The van der Waals surface area contributed by atoms with Gasteiger partial charge in [-0.05, 0) is 128 Å². The van der Waals surface area contributed by atoms with Gasteiger partial charge < -0.3 is 14.6 Å². The SMILES string of the molecule is O=C(Oc1ccc(I)cc1)c1cccc2cc(O)cc(C(=O)Oc3cc(I)c(S(=O)(=O)O)c(I)c3)c12. The average Bonchev–Trinajstić information content (AvgIpc) is 2.78. The molecule has 0 saturated carbocycles. The summed E-state index contributed by atoms with van der Waals surface area (Å²) >= 11 is 5.54. The lowest BCUT2D eigenvalue weighted by Crippen LogP contribution is -2.14. The van der Waals surface area contributed by atoms with Crippen LogP contribution in [0.25, 0.3) is 10.8 Å². The monoisotopic (exact) mass is 842 g/mol. The van der Waals surface area contributed by atoms with Crippen molar-refractivity contribution in [1.29, 1.82) is 0 Å². The van der Waals surface area contributed by atoms with E-state index in [0.29, 0.717) is 11.1 Å². The third kappa shape index (κ3) is 5.92. The molecule has 0 aromatic heterocycles. The first-order chi connectivity index (χ1) is 16.9. The zero-order chi connectivity index (χ0) is 26.2. The predicted molar refractivity (Wildman–Crippen MR) is 156 cm³/mol. The van der Waals surface area contributed by atoms with Gasteiger partial charge in [0, 0.05) is 16.1 Å². The molecule has 12 heteroatoms. The van der Waals surface area contributed by atoms with Crippen molar-refractivity contribution < 1.29 is 37.1 Å². The van der Waals surface area contributed by atoms with E-state index in [1.54, 1.807) is 81.6 Å². The highest BCUT2D eigenvalue weighted by molar-refractivity contribution is 14.1. The molecule has 0 bridgehead atoms. The average molecular weight is 842 g/mol. The smallest absolute Gasteiger partial charge is 0.344 e. The minimum Gasteiger partial charge on any atom is -0.508 e. The number of ether oxygens (including phenoxy) is 2. The first kappa shape index (κ1) is 27.0. The second-order valence-electron chi connectivity index (χ2n) is 7.32. The van der Waals surface area contributed by atoms with E-state index >= 15 is 0 Å². The Bertz CT molecular complexity index is 1610. The number of esters is 2. The van der Waals surface area contributed by atoms with Gasteiger partial charge in [0.05, 0.1) is 11.1 Å². The van der Waals surface area contributed by atoms with Gasteiger partial charge in [0.2, 0.25) is 0 Å². The zero-order valence-electron chi connectivity index (χ0n) is 17.7. The largest absolute Gasteiger partial charge is 0.508 e. The molecule has 0 heterocycles. The van der Waals surface area contributed by atoms with Crippen LogP contribution < -0.4 is 9.47 Å². The molecule has 0 spiro atoms. The van der Waals surface area contributed by atoms with Crippen LogP contribution in [0.5, 0.6) is 17.2 Å². The summed E-state index contributed by atoms with van der Waals surface area (Å²) in [7, 11) is -4.48. The van der Waals surface area contributed by atoms with E-state index in [-0.39, 0.29) is 40.0 Å². The number of rotatable bonds is 5. The van der Waals surface area contributed by atoms with Crippen molar-refractivity contribution >= 4 is 101 Å². The maximum Gasteiger partial charge on any atom is 0.344 e. The maximum absolute atomic E-state index is 13.2.